The second-order valence-electron chi connectivity index (χ2n) is 9.14. The lowest BCUT2D eigenvalue weighted by atomic mass is 10.2. The number of pyridine rings is 1. The molecule has 0 atom stereocenters. The Morgan fingerprint density at radius 1 is 1.11 bits per heavy atom. The molecular weight excluding hydrogens is 525 g/mol. The fraction of sp³-hybridized carbons (Fsp3) is 0.333. The molecule has 11 heteroatoms. The summed E-state index contributed by atoms with van der Waals surface area (Å²) in [5.74, 6) is 0.0363. The van der Waals surface area contributed by atoms with Crippen LogP contribution in [0.25, 0.3) is 11.7 Å². The van der Waals surface area contributed by atoms with Gasteiger partial charge in [-0.2, -0.15) is 0 Å². The van der Waals surface area contributed by atoms with Gasteiger partial charge >= 0.3 is 0 Å². The van der Waals surface area contributed by atoms with Crippen molar-refractivity contribution in [2.75, 3.05) is 56.2 Å². The first-order valence-electron chi connectivity index (χ1n) is 12.4. The Bertz CT molecular complexity index is 1480. The van der Waals surface area contributed by atoms with Crippen LogP contribution in [0.4, 0.5) is 15.9 Å². The molecule has 198 valence electrons. The van der Waals surface area contributed by atoms with Crippen LogP contribution in [0.3, 0.4) is 0 Å². The molecule has 3 aromatic rings. The number of benzene rings is 1. The Hall–Kier alpha value is -3.28. The maximum atomic E-state index is 14.4. The molecule has 0 bridgehead atoms. The number of piperazine rings is 1. The zero-order valence-corrected chi connectivity index (χ0v) is 22.9. The zero-order chi connectivity index (χ0) is 26.8. The highest BCUT2D eigenvalue weighted by Gasteiger charge is 2.33. The van der Waals surface area contributed by atoms with Crippen LogP contribution in [0.15, 0.2) is 52.3 Å². The number of amides is 1. The van der Waals surface area contributed by atoms with Crippen LogP contribution in [0.2, 0.25) is 0 Å². The number of fused-ring (bicyclic) bond motifs is 1. The topological polar surface area (TPSA) is 70.4 Å². The molecule has 0 spiro atoms. The van der Waals surface area contributed by atoms with Crippen molar-refractivity contribution < 1.29 is 13.9 Å². The van der Waals surface area contributed by atoms with Crippen molar-refractivity contribution in [3.8, 4) is 0 Å². The van der Waals surface area contributed by atoms with Crippen LogP contribution in [-0.2, 0) is 9.53 Å². The lowest BCUT2D eigenvalue weighted by Gasteiger charge is -2.37. The van der Waals surface area contributed by atoms with E-state index in [1.807, 2.05) is 28.9 Å². The number of methoxy groups -OCH3 is 1. The van der Waals surface area contributed by atoms with Crippen LogP contribution in [0.1, 0.15) is 17.5 Å². The molecule has 4 heterocycles. The first kappa shape index (κ1) is 26.3. The van der Waals surface area contributed by atoms with Crippen molar-refractivity contribution in [1.29, 1.82) is 0 Å². The summed E-state index contributed by atoms with van der Waals surface area (Å²) in [6, 6.07) is 10.4. The van der Waals surface area contributed by atoms with Crippen molar-refractivity contribution in [2.24, 2.45) is 0 Å². The number of aromatic nitrogens is 2. The first-order chi connectivity index (χ1) is 18.4. The predicted octanol–water partition coefficient (Wildman–Crippen LogP) is 3.71. The summed E-state index contributed by atoms with van der Waals surface area (Å²) in [5.41, 5.74) is 2.08. The third-order valence-electron chi connectivity index (χ3n) is 6.72. The van der Waals surface area contributed by atoms with E-state index >= 15 is 0 Å². The molecule has 2 aliphatic rings. The molecule has 2 aromatic heterocycles. The predicted molar refractivity (Wildman–Crippen MR) is 153 cm³/mol. The fourth-order valence-corrected chi connectivity index (χ4v) is 6.02. The largest absolute Gasteiger partial charge is 0.385 e. The van der Waals surface area contributed by atoms with Gasteiger partial charge in [0.25, 0.3) is 11.5 Å². The number of thiocarbonyl (C=S) groups is 1. The molecule has 2 fully saturated rings. The molecule has 5 rings (SSSR count). The molecule has 2 aliphatic heterocycles. The smallest absolute Gasteiger partial charge is 0.267 e. The average molecular weight is 554 g/mol. The summed E-state index contributed by atoms with van der Waals surface area (Å²) >= 11 is 6.65. The number of anilines is 2. The highest BCUT2D eigenvalue weighted by molar-refractivity contribution is 8.26. The van der Waals surface area contributed by atoms with E-state index in [-0.39, 0.29) is 17.3 Å². The minimum absolute atomic E-state index is 0.222. The molecule has 0 radical (unpaired) electrons. The quantitative estimate of drug-likeness (QED) is 0.249. The Labute approximate surface area is 229 Å². The Morgan fingerprint density at radius 3 is 2.58 bits per heavy atom. The molecule has 2 saturated heterocycles. The number of nitrogens with zero attached hydrogens (tertiary/aromatic N) is 5. The number of rotatable bonds is 7. The number of ether oxygens (including phenoxy) is 1. The number of hydrogen-bond acceptors (Lipinski definition) is 8. The first-order valence-corrected chi connectivity index (χ1v) is 13.6. The second kappa shape index (κ2) is 11.2. The van der Waals surface area contributed by atoms with Crippen molar-refractivity contribution in [3.63, 3.8) is 0 Å². The number of aryl methyl sites for hydroxylation is 1. The molecule has 38 heavy (non-hydrogen) atoms. The standard InChI is InChI=1S/C27H28FN5O3S2/c1-18-7-5-10-32-23(18)29-24(31-14-12-30(13-15-31)21-9-4-3-8-20(21)28)19(25(32)34)17-22-26(35)33(27(37)38-22)11-6-16-36-2/h3-5,7-10,17H,6,11-16H2,1-2H3/b22-17-. The summed E-state index contributed by atoms with van der Waals surface area (Å²) in [4.78, 5) is 37.8. The van der Waals surface area contributed by atoms with Gasteiger partial charge in [0.15, 0.2) is 0 Å². The highest BCUT2D eigenvalue weighted by Crippen LogP contribution is 2.34. The fourth-order valence-electron chi connectivity index (χ4n) is 4.73. The molecule has 0 unspecified atom stereocenters. The van der Waals surface area contributed by atoms with E-state index in [4.69, 9.17) is 21.9 Å². The maximum Gasteiger partial charge on any atom is 0.267 e. The van der Waals surface area contributed by atoms with Crippen LogP contribution >= 0.6 is 24.0 Å². The van der Waals surface area contributed by atoms with Gasteiger partial charge < -0.3 is 14.5 Å². The number of para-hydroxylation sites is 1. The van der Waals surface area contributed by atoms with Crippen molar-refractivity contribution in [1.82, 2.24) is 14.3 Å². The normalized spacial score (nSPS) is 17.3. The summed E-state index contributed by atoms with van der Waals surface area (Å²) in [6.07, 6.45) is 3.97. The molecule has 0 N–H and O–H groups in total. The van der Waals surface area contributed by atoms with Crippen LogP contribution < -0.4 is 15.4 Å². The summed E-state index contributed by atoms with van der Waals surface area (Å²) in [7, 11) is 1.61. The van der Waals surface area contributed by atoms with E-state index in [2.05, 4.69) is 0 Å². The number of thioether (sulfide) groups is 1. The second-order valence-corrected chi connectivity index (χ2v) is 10.8. The minimum Gasteiger partial charge on any atom is -0.385 e. The molecule has 1 amide bonds. The Balaban J connectivity index is 1.51. The zero-order valence-electron chi connectivity index (χ0n) is 21.2. The van der Waals surface area contributed by atoms with E-state index in [9.17, 15) is 14.0 Å². The van der Waals surface area contributed by atoms with Crippen LogP contribution in [0, 0.1) is 12.7 Å². The van der Waals surface area contributed by atoms with Crippen LogP contribution in [-0.4, -0.2) is 71.0 Å². The van der Waals surface area contributed by atoms with E-state index < -0.39 is 0 Å². The monoisotopic (exact) mass is 553 g/mol. The SMILES string of the molecule is COCCCN1C(=O)/C(=C/c2c(N3CCN(c4ccccc4F)CC3)nc3c(C)cccn3c2=O)SC1=S. The van der Waals surface area contributed by atoms with Gasteiger partial charge in [-0.1, -0.05) is 42.2 Å². The number of carbonyl (C=O) groups excluding carboxylic acids is 1. The van der Waals surface area contributed by atoms with Gasteiger partial charge in [0.1, 0.15) is 21.6 Å². The van der Waals surface area contributed by atoms with E-state index in [1.165, 1.54) is 22.2 Å². The highest BCUT2D eigenvalue weighted by atomic mass is 32.2. The van der Waals surface area contributed by atoms with Gasteiger partial charge in [0.05, 0.1) is 16.2 Å². The minimum atomic E-state index is -0.258. The van der Waals surface area contributed by atoms with Gasteiger partial charge in [-0.3, -0.25) is 18.9 Å². The number of hydrogen-bond donors (Lipinski definition) is 0. The molecule has 8 nitrogen and oxygen atoms in total. The van der Waals surface area contributed by atoms with Crippen LogP contribution in [0.5, 0.6) is 0 Å². The lowest BCUT2D eigenvalue weighted by Crippen LogP contribution is -2.47. The molecule has 0 saturated carbocycles. The van der Waals surface area contributed by atoms with E-state index in [1.54, 1.807) is 42.5 Å². The molecular formula is C27H28FN5O3S2. The third kappa shape index (κ3) is 5.05. The van der Waals surface area contributed by atoms with Gasteiger partial charge in [0, 0.05) is 52.6 Å². The Kier molecular flexibility index (Phi) is 7.78. The summed E-state index contributed by atoms with van der Waals surface area (Å²) in [6.45, 7) is 5.10. The van der Waals surface area contributed by atoms with E-state index in [0.29, 0.717) is 77.7 Å². The summed E-state index contributed by atoms with van der Waals surface area (Å²) < 4.78 is 21.5. The van der Waals surface area contributed by atoms with Gasteiger partial charge in [-0.15, -0.1) is 0 Å². The number of halogens is 1. The average Bonchev–Trinajstić information content (AvgIpc) is 3.18. The molecule has 0 aliphatic carbocycles. The van der Waals surface area contributed by atoms with Gasteiger partial charge in [-0.05, 0) is 43.2 Å². The van der Waals surface area contributed by atoms with Gasteiger partial charge in [0.2, 0.25) is 0 Å². The Morgan fingerprint density at radius 2 is 1.84 bits per heavy atom. The summed E-state index contributed by atoms with van der Waals surface area (Å²) in [5, 5.41) is 0. The third-order valence-corrected chi connectivity index (χ3v) is 8.09. The molecule has 1 aromatic carbocycles. The van der Waals surface area contributed by atoms with Crippen molar-refractivity contribution in [2.45, 2.75) is 13.3 Å². The van der Waals surface area contributed by atoms with Crippen molar-refractivity contribution >= 4 is 57.4 Å². The van der Waals surface area contributed by atoms with Crippen molar-refractivity contribution in [3.05, 3.63) is 74.8 Å². The van der Waals surface area contributed by atoms with Gasteiger partial charge in [-0.25, -0.2) is 9.37 Å². The maximum absolute atomic E-state index is 14.4. The van der Waals surface area contributed by atoms with E-state index in [0.717, 1.165) is 5.56 Å². The number of carbonyl (C=O) groups is 1. The lowest BCUT2D eigenvalue weighted by molar-refractivity contribution is -0.122.